The summed E-state index contributed by atoms with van der Waals surface area (Å²) in [5, 5.41) is 3.41. The van der Waals surface area contributed by atoms with E-state index in [1.54, 1.807) is 38.5 Å². The molecule has 6 nitrogen and oxygen atoms in total. The second-order valence-corrected chi connectivity index (χ2v) is 8.77. The fraction of sp³-hybridized carbons (Fsp3) is 0.400. The molecule has 1 aliphatic rings. The molecule has 0 aliphatic carbocycles. The van der Waals surface area contributed by atoms with E-state index < -0.39 is 11.9 Å². The number of carbonyl (C=O) groups excluding carboxylic acids is 1. The number of hydrogen-bond donors (Lipinski definition) is 1. The van der Waals surface area contributed by atoms with Crippen molar-refractivity contribution in [1.29, 1.82) is 0 Å². The number of likely N-dealkylation sites (N-methyl/N-ethyl adjacent to an activating group) is 1. The fourth-order valence-corrected chi connectivity index (χ4v) is 3.95. The van der Waals surface area contributed by atoms with Crippen molar-refractivity contribution in [1.82, 2.24) is 19.8 Å². The van der Waals surface area contributed by atoms with Gasteiger partial charge in [-0.15, -0.1) is 0 Å². The molecule has 1 aliphatic heterocycles. The number of likely N-dealkylation sites (tertiary alicyclic amines) is 1. The summed E-state index contributed by atoms with van der Waals surface area (Å²) in [4.78, 5) is 24.1. The van der Waals surface area contributed by atoms with Crippen LogP contribution in [0.1, 0.15) is 48.3 Å². The van der Waals surface area contributed by atoms with Gasteiger partial charge in [0.1, 0.15) is 11.5 Å². The fourth-order valence-electron chi connectivity index (χ4n) is 3.95. The summed E-state index contributed by atoms with van der Waals surface area (Å²) in [6.07, 6.45) is 1.94. The average Bonchev–Trinajstić information content (AvgIpc) is 2.78. The predicted octanol–water partition coefficient (Wildman–Crippen LogP) is 5.08. The minimum absolute atomic E-state index is 0.160. The lowest BCUT2D eigenvalue weighted by molar-refractivity contribution is -0.141. The van der Waals surface area contributed by atoms with Crippen LogP contribution in [-0.2, 0) is 6.18 Å². The second-order valence-electron chi connectivity index (χ2n) is 8.77. The molecule has 0 aromatic carbocycles. The number of nitrogens with zero attached hydrogens (tertiary/aromatic N) is 4. The van der Waals surface area contributed by atoms with Crippen LogP contribution in [0, 0.1) is 0 Å². The van der Waals surface area contributed by atoms with Crippen LogP contribution in [0.4, 0.5) is 19.0 Å². The molecule has 1 unspecified atom stereocenters. The van der Waals surface area contributed by atoms with Gasteiger partial charge in [-0.2, -0.15) is 13.2 Å². The maximum atomic E-state index is 13.3. The summed E-state index contributed by atoms with van der Waals surface area (Å²) in [7, 11) is 5.33. The van der Waals surface area contributed by atoms with E-state index in [2.05, 4.69) is 20.2 Å². The van der Waals surface area contributed by atoms with E-state index in [4.69, 9.17) is 0 Å². The number of nitrogens with one attached hydrogen (secondary N) is 1. The number of amides is 1. The molecule has 0 radical (unpaired) electrons. The van der Waals surface area contributed by atoms with Crippen LogP contribution in [0.3, 0.4) is 0 Å². The molecular formula is C25H30F3N5O. The van der Waals surface area contributed by atoms with Gasteiger partial charge in [0.15, 0.2) is 0 Å². The van der Waals surface area contributed by atoms with Crippen molar-refractivity contribution in [3.8, 4) is 0 Å². The molecule has 9 heteroatoms. The van der Waals surface area contributed by atoms with Gasteiger partial charge in [-0.25, -0.2) is 4.98 Å². The molecule has 3 heterocycles. The highest BCUT2D eigenvalue weighted by Gasteiger charge is 2.33. The van der Waals surface area contributed by atoms with Gasteiger partial charge in [-0.3, -0.25) is 9.78 Å². The van der Waals surface area contributed by atoms with Crippen molar-refractivity contribution < 1.29 is 18.0 Å². The van der Waals surface area contributed by atoms with E-state index in [9.17, 15) is 18.0 Å². The van der Waals surface area contributed by atoms with Gasteiger partial charge >= 0.3 is 6.18 Å². The summed E-state index contributed by atoms with van der Waals surface area (Å²) in [5.74, 6) is 0.321. The molecule has 0 spiro atoms. The number of halogens is 3. The molecule has 1 N–H and O–H groups in total. The van der Waals surface area contributed by atoms with Crippen molar-refractivity contribution in [2.24, 2.45) is 0 Å². The summed E-state index contributed by atoms with van der Waals surface area (Å²) >= 11 is 0. The zero-order valence-electron chi connectivity index (χ0n) is 20.1. The molecule has 2 aromatic heterocycles. The zero-order chi connectivity index (χ0) is 25.0. The van der Waals surface area contributed by atoms with Gasteiger partial charge in [-0.05, 0) is 68.2 Å². The first-order valence-corrected chi connectivity index (χ1v) is 11.1. The number of rotatable bonds is 5. The van der Waals surface area contributed by atoms with E-state index >= 15 is 0 Å². The van der Waals surface area contributed by atoms with E-state index in [0.717, 1.165) is 36.7 Å². The molecule has 1 amide bonds. The molecule has 1 saturated heterocycles. The standard InChI is InChI=1S/C25H30F3N5O/c1-16(2)19(17-10-12-29-22(14-17)25(26,27)28)15-21-20(9-7-13-33(21)5)31-23-18(8-6-11-30-23)24(34)32(3)4/h6,8,10-12,14-15,20H,7,9,13H2,1-5H3,(H,30,31)/b21-15-. The number of aromatic nitrogens is 2. The first-order chi connectivity index (χ1) is 16.0. The average molecular weight is 474 g/mol. The third-order valence-corrected chi connectivity index (χ3v) is 5.73. The Morgan fingerprint density at radius 2 is 1.94 bits per heavy atom. The van der Waals surface area contributed by atoms with Crippen molar-refractivity contribution in [2.75, 3.05) is 33.0 Å². The Bertz CT molecular complexity index is 1100. The Morgan fingerprint density at radius 1 is 1.21 bits per heavy atom. The van der Waals surface area contributed by atoms with Crippen molar-refractivity contribution in [3.05, 3.63) is 70.8 Å². The maximum Gasteiger partial charge on any atom is 0.433 e. The Hall–Kier alpha value is -3.36. The normalized spacial score (nSPS) is 17.5. The number of hydrogen-bond acceptors (Lipinski definition) is 5. The predicted molar refractivity (Wildman–Crippen MR) is 127 cm³/mol. The maximum absolute atomic E-state index is 13.3. The third-order valence-electron chi connectivity index (χ3n) is 5.73. The second kappa shape index (κ2) is 10.3. The van der Waals surface area contributed by atoms with Gasteiger partial charge in [0, 0.05) is 45.8 Å². The summed E-state index contributed by atoms with van der Waals surface area (Å²) < 4.78 is 39.8. The lowest BCUT2D eigenvalue weighted by Gasteiger charge is -2.36. The SMILES string of the molecule is CC(C)=C(/C=C1/C(Nc2ncccc2C(=O)N(C)C)CCCN1C)c1ccnc(C(F)(F)F)c1. The van der Waals surface area contributed by atoms with Crippen LogP contribution in [-0.4, -0.2) is 59.4 Å². The first-order valence-electron chi connectivity index (χ1n) is 11.1. The Morgan fingerprint density at radius 3 is 2.59 bits per heavy atom. The van der Waals surface area contributed by atoms with Crippen LogP contribution >= 0.6 is 0 Å². The van der Waals surface area contributed by atoms with Gasteiger partial charge in [-0.1, -0.05) is 5.57 Å². The molecule has 1 atom stereocenters. The highest BCUT2D eigenvalue weighted by atomic mass is 19.4. The highest BCUT2D eigenvalue weighted by Crippen LogP contribution is 2.32. The highest BCUT2D eigenvalue weighted by molar-refractivity contribution is 5.98. The van der Waals surface area contributed by atoms with E-state index in [-0.39, 0.29) is 11.9 Å². The Kier molecular flexibility index (Phi) is 7.64. The monoisotopic (exact) mass is 473 g/mol. The number of carbonyl (C=O) groups is 1. The quantitative estimate of drug-likeness (QED) is 0.656. The Balaban J connectivity index is 2.02. The van der Waals surface area contributed by atoms with Gasteiger partial charge in [0.25, 0.3) is 5.91 Å². The van der Waals surface area contributed by atoms with E-state index in [1.165, 1.54) is 11.1 Å². The van der Waals surface area contributed by atoms with Gasteiger partial charge in [0.2, 0.25) is 0 Å². The third kappa shape index (κ3) is 5.76. The smallest absolute Gasteiger partial charge is 0.376 e. The number of piperidine rings is 1. The zero-order valence-corrected chi connectivity index (χ0v) is 20.1. The molecule has 2 aromatic rings. The largest absolute Gasteiger partial charge is 0.433 e. The lowest BCUT2D eigenvalue weighted by Crippen LogP contribution is -2.38. The molecule has 34 heavy (non-hydrogen) atoms. The van der Waals surface area contributed by atoms with E-state index in [1.807, 2.05) is 27.0 Å². The number of alkyl halides is 3. The number of anilines is 1. The lowest BCUT2D eigenvalue weighted by atomic mass is 9.95. The van der Waals surface area contributed by atoms with Gasteiger partial charge < -0.3 is 15.1 Å². The minimum atomic E-state index is -4.52. The summed E-state index contributed by atoms with van der Waals surface area (Å²) in [6, 6.07) is 5.95. The topological polar surface area (TPSA) is 61.4 Å². The summed E-state index contributed by atoms with van der Waals surface area (Å²) in [6.45, 7) is 4.56. The van der Waals surface area contributed by atoms with Crippen LogP contribution in [0.25, 0.3) is 5.57 Å². The molecular weight excluding hydrogens is 443 g/mol. The van der Waals surface area contributed by atoms with Crippen molar-refractivity contribution in [2.45, 2.75) is 38.9 Å². The van der Waals surface area contributed by atoms with Crippen molar-refractivity contribution in [3.63, 3.8) is 0 Å². The summed E-state index contributed by atoms with van der Waals surface area (Å²) in [5.41, 5.74) is 2.50. The van der Waals surface area contributed by atoms with Gasteiger partial charge in [0.05, 0.1) is 11.6 Å². The molecule has 3 rings (SSSR count). The van der Waals surface area contributed by atoms with Crippen LogP contribution < -0.4 is 5.32 Å². The first kappa shape index (κ1) is 25.3. The van der Waals surface area contributed by atoms with E-state index in [0.29, 0.717) is 22.5 Å². The van der Waals surface area contributed by atoms with Crippen LogP contribution in [0.5, 0.6) is 0 Å². The number of pyridine rings is 2. The molecule has 0 bridgehead atoms. The minimum Gasteiger partial charge on any atom is -0.376 e. The van der Waals surface area contributed by atoms with Crippen molar-refractivity contribution >= 4 is 17.3 Å². The van der Waals surface area contributed by atoms with Crippen LogP contribution in [0.2, 0.25) is 0 Å². The number of allylic oxidation sites excluding steroid dienone is 3. The molecule has 1 fully saturated rings. The van der Waals surface area contributed by atoms with Crippen LogP contribution in [0.15, 0.2) is 54.0 Å². The molecule has 0 saturated carbocycles. The Labute approximate surface area is 198 Å². The molecule has 182 valence electrons.